The van der Waals surface area contributed by atoms with Crippen LogP contribution in [0.5, 0.6) is 0 Å². The van der Waals surface area contributed by atoms with Gasteiger partial charge in [-0.15, -0.1) is 0 Å². The summed E-state index contributed by atoms with van der Waals surface area (Å²) in [5, 5.41) is 5.91. The summed E-state index contributed by atoms with van der Waals surface area (Å²) >= 11 is 5.94. The minimum Gasteiger partial charge on any atom is -0.260 e. The number of anilines is 1. The highest BCUT2D eigenvalue weighted by atomic mass is 35.5. The van der Waals surface area contributed by atoms with E-state index in [1.165, 1.54) is 6.07 Å². The monoisotopic (exact) mass is 390 g/mol. The second kappa shape index (κ2) is 7.74. The topological polar surface area (TPSA) is 50.2 Å². The molecule has 1 heterocycles. The van der Waals surface area contributed by atoms with Gasteiger partial charge in [-0.2, -0.15) is 5.10 Å². The first-order valence-corrected chi connectivity index (χ1v) is 9.07. The number of nitrogens with zero attached hydrogens (tertiary/aromatic N) is 3. The third-order valence-electron chi connectivity index (χ3n) is 4.31. The zero-order valence-corrected chi connectivity index (χ0v) is 15.8. The highest BCUT2D eigenvalue weighted by molar-refractivity contribution is 6.30. The van der Waals surface area contributed by atoms with Gasteiger partial charge in [0.1, 0.15) is 5.82 Å². The van der Waals surface area contributed by atoms with Crippen LogP contribution in [-0.4, -0.2) is 15.7 Å². The molecule has 0 spiro atoms. The van der Waals surface area contributed by atoms with Crippen molar-refractivity contribution in [2.24, 2.45) is 5.10 Å². The van der Waals surface area contributed by atoms with Crippen LogP contribution in [0.1, 0.15) is 12.5 Å². The zero-order valence-electron chi connectivity index (χ0n) is 15.0. The fourth-order valence-electron chi connectivity index (χ4n) is 2.82. The molecule has 0 saturated heterocycles. The summed E-state index contributed by atoms with van der Waals surface area (Å²) in [6.45, 7) is 1.89. The quantitative estimate of drug-likeness (QED) is 0.347. The SMILES string of the molecule is C/C(=N\Nc1nc(-c2ccccc2F)nc2ccccc12)c1ccc(Cl)cc1. The molecule has 138 valence electrons. The van der Waals surface area contributed by atoms with Gasteiger partial charge in [0.05, 0.1) is 16.8 Å². The van der Waals surface area contributed by atoms with Gasteiger partial charge in [-0.05, 0) is 48.9 Å². The van der Waals surface area contributed by atoms with Crippen molar-refractivity contribution in [2.75, 3.05) is 5.43 Å². The number of hydrogen-bond donors (Lipinski definition) is 1. The Morgan fingerprint density at radius 3 is 2.43 bits per heavy atom. The van der Waals surface area contributed by atoms with Crippen LogP contribution in [0, 0.1) is 5.82 Å². The first kappa shape index (κ1) is 18.1. The predicted molar refractivity (Wildman–Crippen MR) is 112 cm³/mol. The molecule has 0 aliphatic carbocycles. The number of benzene rings is 3. The van der Waals surface area contributed by atoms with Crippen LogP contribution in [0.25, 0.3) is 22.3 Å². The van der Waals surface area contributed by atoms with Crippen LogP contribution < -0.4 is 5.43 Å². The van der Waals surface area contributed by atoms with E-state index in [1.807, 2.05) is 55.5 Å². The van der Waals surface area contributed by atoms with Crippen LogP contribution in [-0.2, 0) is 0 Å². The number of hydrogen-bond acceptors (Lipinski definition) is 4. The van der Waals surface area contributed by atoms with E-state index in [-0.39, 0.29) is 5.82 Å². The lowest BCUT2D eigenvalue weighted by atomic mass is 10.1. The lowest BCUT2D eigenvalue weighted by Gasteiger charge is -2.09. The van der Waals surface area contributed by atoms with Crippen molar-refractivity contribution in [1.82, 2.24) is 9.97 Å². The molecule has 4 rings (SSSR count). The molecular weight excluding hydrogens is 375 g/mol. The summed E-state index contributed by atoms with van der Waals surface area (Å²) in [7, 11) is 0. The number of hydrazone groups is 1. The Kier molecular flexibility index (Phi) is 5.00. The number of rotatable bonds is 4. The Morgan fingerprint density at radius 2 is 1.64 bits per heavy atom. The average molecular weight is 391 g/mol. The van der Waals surface area contributed by atoms with Crippen molar-refractivity contribution >= 4 is 34.0 Å². The number of para-hydroxylation sites is 1. The Bertz CT molecular complexity index is 1170. The highest BCUT2D eigenvalue weighted by Crippen LogP contribution is 2.26. The molecule has 0 aliphatic heterocycles. The Morgan fingerprint density at radius 1 is 0.929 bits per heavy atom. The second-order valence-corrected chi connectivity index (χ2v) is 6.65. The maximum atomic E-state index is 14.2. The number of aromatic nitrogens is 2. The van der Waals surface area contributed by atoms with Gasteiger partial charge >= 0.3 is 0 Å². The molecule has 0 saturated carbocycles. The molecule has 3 aromatic carbocycles. The smallest absolute Gasteiger partial charge is 0.165 e. The van der Waals surface area contributed by atoms with E-state index in [2.05, 4.69) is 20.5 Å². The van der Waals surface area contributed by atoms with Gasteiger partial charge < -0.3 is 0 Å². The third kappa shape index (κ3) is 3.70. The van der Waals surface area contributed by atoms with Crippen molar-refractivity contribution in [3.05, 3.63) is 89.2 Å². The molecule has 0 amide bonds. The summed E-state index contributed by atoms with van der Waals surface area (Å²) in [6, 6.07) is 21.4. The highest BCUT2D eigenvalue weighted by Gasteiger charge is 2.12. The average Bonchev–Trinajstić information content (AvgIpc) is 2.72. The summed E-state index contributed by atoms with van der Waals surface area (Å²) in [6.07, 6.45) is 0. The molecule has 0 fully saturated rings. The van der Waals surface area contributed by atoms with E-state index in [4.69, 9.17) is 11.6 Å². The largest absolute Gasteiger partial charge is 0.260 e. The minimum absolute atomic E-state index is 0.304. The van der Waals surface area contributed by atoms with Crippen LogP contribution >= 0.6 is 11.6 Å². The molecule has 0 bridgehead atoms. The first-order chi connectivity index (χ1) is 13.6. The second-order valence-electron chi connectivity index (χ2n) is 6.21. The molecule has 0 unspecified atom stereocenters. The molecule has 1 N–H and O–H groups in total. The lowest BCUT2D eigenvalue weighted by Crippen LogP contribution is -2.03. The third-order valence-corrected chi connectivity index (χ3v) is 4.56. The standard InChI is InChI=1S/C22H16ClFN4/c1-14(15-10-12-16(23)13-11-15)27-28-22-18-7-3-5-9-20(18)25-21(26-22)17-6-2-4-8-19(17)24/h2-13H,1H3,(H,25,26,28)/b27-14+. The van der Waals surface area contributed by atoms with Gasteiger partial charge in [0.2, 0.25) is 0 Å². The Balaban J connectivity index is 1.76. The van der Waals surface area contributed by atoms with E-state index in [1.54, 1.807) is 18.2 Å². The van der Waals surface area contributed by atoms with E-state index < -0.39 is 0 Å². The Labute approximate surface area is 166 Å². The number of nitrogens with one attached hydrogen (secondary N) is 1. The summed E-state index contributed by atoms with van der Waals surface area (Å²) in [5.41, 5.74) is 5.76. The molecule has 4 nitrogen and oxygen atoms in total. The van der Waals surface area contributed by atoms with E-state index in [9.17, 15) is 4.39 Å². The van der Waals surface area contributed by atoms with Crippen LogP contribution in [0.15, 0.2) is 77.9 Å². The molecule has 28 heavy (non-hydrogen) atoms. The molecule has 0 radical (unpaired) electrons. The van der Waals surface area contributed by atoms with Crippen molar-refractivity contribution < 1.29 is 4.39 Å². The lowest BCUT2D eigenvalue weighted by molar-refractivity contribution is 0.630. The van der Waals surface area contributed by atoms with Crippen molar-refractivity contribution in [2.45, 2.75) is 6.92 Å². The molecular formula is C22H16ClFN4. The number of halogens is 2. The maximum Gasteiger partial charge on any atom is 0.165 e. The van der Waals surface area contributed by atoms with E-state index in [0.717, 1.165) is 16.7 Å². The van der Waals surface area contributed by atoms with Gasteiger partial charge in [0, 0.05) is 10.4 Å². The van der Waals surface area contributed by atoms with Crippen LogP contribution in [0.2, 0.25) is 5.02 Å². The fraction of sp³-hybridized carbons (Fsp3) is 0.0455. The van der Waals surface area contributed by atoms with Gasteiger partial charge in [-0.1, -0.05) is 48.0 Å². The van der Waals surface area contributed by atoms with Crippen LogP contribution in [0.3, 0.4) is 0 Å². The molecule has 6 heteroatoms. The van der Waals surface area contributed by atoms with Gasteiger partial charge in [0.15, 0.2) is 11.6 Å². The van der Waals surface area contributed by atoms with Crippen molar-refractivity contribution in [1.29, 1.82) is 0 Å². The summed E-state index contributed by atoms with van der Waals surface area (Å²) < 4.78 is 14.2. The van der Waals surface area contributed by atoms with E-state index >= 15 is 0 Å². The minimum atomic E-state index is -0.371. The molecule has 4 aromatic rings. The fourth-order valence-corrected chi connectivity index (χ4v) is 2.94. The van der Waals surface area contributed by atoms with Gasteiger partial charge in [0.25, 0.3) is 0 Å². The first-order valence-electron chi connectivity index (χ1n) is 8.70. The molecule has 1 aromatic heterocycles. The van der Waals surface area contributed by atoms with Gasteiger partial charge in [-0.3, -0.25) is 5.43 Å². The Hall–Kier alpha value is -3.31. The molecule has 0 atom stereocenters. The zero-order chi connectivity index (χ0) is 19.5. The maximum absolute atomic E-state index is 14.2. The molecule has 0 aliphatic rings. The van der Waals surface area contributed by atoms with E-state index in [0.29, 0.717) is 27.7 Å². The summed E-state index contributed by atoms with van der Waals surface area (Å²) in [4.78, 5) is 9.03. The normalized spacial score (nSPS) is 11.6. The van der Waals surface area contributed by atoms with Gasteiger partial charge in [-0.25, -0.2) is 14.4 Å². The summed E-state index contributed by atoms with van der Waals surface area (Å²) in [5.74, 6) is 0.445. The van der Waals surface area contributed by atoms with Crippen LogP contribution in [0.4, 0.5) is 10.2 Å². The van der Waals surface area contributed by atoms with Crippen molar-refractivity contribution in [3.63, 3.8) is 0 Å². The number of fused-ring (bicyclic) bond motifs is 1. The predicted octanol–water partition coefficient (Wildman–Crippen LogP) is 5.93. The van der Waals surface area contributed by atoms with Crippen molar-refractivity contribution in [3.8, 4) is 11.4 Å².